The summed E-state index contributed by atoms with van der Waals surface area (Å²) in [6, 6.07) is 0. The summed E-state index contributed by atoms with van der Waals surface area (Å²) < 4.78 is 26.1. The third-order valence-corrected chi connectivity index (χ3v) is 6.07. The maximum absolute atomic E-state index is 10.6. The van der Waals surface area contributed by atoms with Crippen LogP contribution in [0.15, 0.2) is 0 Å². The molecular formula is C18H32O16. The van der Waals surface area contributed by atoms with E-state index in [1.165, 1.54) is 0 Å². The minimum Gasteiger partial charge on any atom is -0.394 e. The fourth-order valence-electron chi connectivity index (χ4n) is 3.94. The Labute approximate surface area is 192 Å². The van der Waals surface area contributed by atoms with Gasteiger partial charge in [-0.3, -0.25) is 0 Å². The highest BCUT2D eigenvalue weighted by Crippen LogP contribution is 2.29. The van der Waals surface area contributed by atoms with Gasteiger partial charge in [-0.25, -0.2) is 0 Å². The van der Waals surface area contributed by atoms with Crippen LogP contribution in [0.5, 0.6) is 0 Å². The van der Waals surface area contributed by atoms with Gasteiger partial charge in [-0.2, -0.15) is 0 Å². The van der Waals surface area contributed by atoms with E-state index in [0.717, 1.165) is 0 Å². The molecule has 16 nitrogen and oxygen atoms in total. The Balaban J connectivity index is 1.65. The van der Waals surface area contributed by atoms with E-state index in [-0.39, 0.29) is 0 Å². The number of rotatable bonds is 7. The Hall–Kier alpha value is -0.640. The zero-order chi connectivity index (χ0) is 25.3. The van der Waals surface area contributed by atoms with Crippen molar-refractivity contribution in [2.75, 3.05) is 19.8 Å². The van der Waals surface area contributed by atoms with Gasteiger partial charge in [-0.1, -0.05) is 0 Å². The molecule has 11 N–H and O–H groups in total. The van der Waals surface area contributed by atoms with Gasteiger partial charge in [0.05, 0.1) is 19.8 Å². The van der Waals surface area contributed by atoms with Crippen LogP contribution >= 0.6 is 0 Å². The lowest BCUT2D eigenvalue weighted by atomic mass is 9.97. The molecule has 0 spiro atoms. The molecule has 0 bridgehead atoms. The normalized spacial score (nSPS) is 52.5. The van der Waals surface area contributed by atoms with Crippen LogP contribution in [-0.4, -0.2) is 168 Å². The Morgan fingerprint density at radius 1 is 0.500 bits per heavy atom. The van der Waals surface area contributed by atoms with E-state index in [0.29, 0.717) is 0 Å². The van der Waals surface area contributed by atoms with Crippen molar-refractivity contribution in [1.29, 1.82) is 0 Å². The molecule has 0 aromatic rings. The minimum atomic E-state index is -1.93. The number of aliphatic hydroxyl groups excluding tert-OH is 11. The topological polar surface area (TPSA) is 269 Å². The van der Waals surface area contributed by atoms with Gasteiger partial charge in [0, 0.05) is 0 Å². The average Bonchev–Trinajstić information content (AvgIpc) is 2.82. The molecule has 3 aliphatic heterocycles. The Bertz CT molecular complexity index is 637. The van der Waals surface area contributed by atoms with E-state index < -0.39 is 112 Å². The molecule has 0 aliphatic carbocycles. The van der Waals surface area contributed by atoms with Crippen molar-refractivity contribution in [2.24, 2.45) is 0 Å². The van der Waals surface area contributed by atoms with Gasteiger partial charge in [0.25, 0.3) is 0 Å². The van der Waals surface area contributed by atoms with E-state index >= 15 is 0 Å². The zero-order valence-corrected chi connectivity index (χ0v) is 17.7. The summed E-state index contributed by atoms with van der Waals surface area (Å²) in [5.74, 6) is 0. The molecule has 15 atom stereocenters. The first-order valence-electron chi connectivity index (χ1n) is 10.6. The number of aliphatic hydroxyl groups is 11. The maximum atomic E-state index is 10.6. The molecule has 3 heterocycles. The molecule has 3 fully saturated rings. The highest BCUT2D eigenvalue weighted by Gasteiger charge is 2.51. The fourth-order valence-corrected chi connectivity index (χ4v) is 3.94. The van der Waals surface area contributed by atoms with Gasteiger partial charge in [0.2, 0.25) is 0 Å². The van der Waals surface area contributed by atoms with Gasteiger partial charge in [0.1, 0.15) is 73.2 Å². The smallest absolute Gasteiger partial charge is 0.187 e. The van der Waals surface area contributed by atoms with E-state index in [2.05, 4.69) is 0 Å². The highest BCUT2D eigenvalue weighted by atomic mass is 16.7. The maximum Gasteiger partial charge on any atom is 0.187 e. The Kier molecular flexibility index (Phi) is 9.54. The summed E-state index contributed by atoms with van der Waals surface area (Å²) in [5.41, 5.74) is 0. The van der Waals surface area contributed by atoms with E-state index in [4.69, 9.17) is 23.7 Å². The molecule has 3 saturated heterocycles. The van der Waals surface area contributed by atoms with Crippen molar-refractivity contribution < 1.29 is 79.9 Å². The molecule has 3 aliphatic rings. The summed E-state index contributed by atoms with van der Waals surface area (Å²) in [5, 5.41) is 109. The second-order valence-electron chi connectivity index (χ2n) is 8.37. The van der Waals surface area contributed by atoms with Crippen LogP contribution in [0.3, 0.4) is 0 Å². The molecule has 3 rings (SSSR count). The van der Waals surface area contributed by atoms with Gasteiger partial charge in [-0.15, -0.1) is 0 Å². The second-order valence-corrected chi connectivity index (χ2v) is 8.37. The van der Waals surface area contributed by atoms with Gasteiger partial charge in [0.15, 0.2) is 18.9 Å². The first-order chi connectivity index (χ1) is 16.0. The van der Waals surface area contributed by atoms with Crippen molar-refractivity contribution in [3.05, 3.63) is 0 Å². The first kappa shape index (κ1) is 27.9. The summed E-state index contributed by atoms with van der Waals surface area (Å²) >= 11 is 0. The van der Waals surface area contributed by atoms with E-state index in [1.54, 1.807) is 0 Å². The molecule has 200 valence electrons. The standard InChI is InChI=1S/C18H32O16/c19-1-4-7(21)10(24)12(26)17(32-4)30-3-6-9(23)15(14(28)16(29)31-6)34-18-13(27)11(25)8(22)5(2-20)33-18/h4-29H,1-3H2/t4-,5-,6-,7+,8-,9-,10+,11+,12+,13+,14+,15+,16?,17+,18-/m1/s1. The van der Waals surface area contributed by atoms with Crippen molar-refractivity contribution in [1.82, 2.24) is 0 Å². The molecule has 16 heteroatoms. The molecule has 1 unspecified atom stereocenters. The second kappa shape index (κ2) is 11.6. The van der Waals surface area contributed by atoms with Crippen molar-refractivity contribution in [3.8, 4) is 0 Å². The molecule has 0 aromatic heterocycles. The minimum absolute atomic E-state index is 0.609. The number of hydrogen-bond acceptors (Lipinski definition) is 16. The number of hydrogen-bond donors (Lipinski definition) is 11. The van der Waals surface area contributed by atoms with Crippen molar-refractivity contribution in [2.45, 2.75) is 92.1 Å². The predicted octanol–water partition coefficient (Wildman–Crippen LogP) is -7.57. The van der Waals surface area contributed by atoms with Crippen LogP contribution in [0, 0.1) is 0 Å². The van der Waals surface area contributed by atoms with Gasteiger partial charge < -0.3 is 79.9 Å². The van der Waals surface area contributed by atoms with E-state index in [9.17, 15) is 56.2 Å². The molecule has 0 aromatic carbocycles. The van der Waals surface area contributed by atoms with E-state index in [1.807, 2.05) is 0 Å². The Morgan fingerprint density at radius 3 is 1.53 bits per heavy atom. The molecule has 0 radical (unpaired) electrons. The van der Waals surface area contributed by atoms with Crippen LogP contribution in [-0.2, 0) is 23.7 Å². The van der Waals surface area contributed by atoms with Crippen LogP contribution in [0.4, 0.5) is 0 Å². The van der Waals surface area contributed by atoms with Crippen LogP contribution in [0.1, 0.15) is 0 Å². The van der Waals surface area contributed by atoms with Crippen LogP contribution < -0.4 is 0 Å². The SMILES string of the molecule is OC[C@H]1O[C@H](OC[C@H]2OC(O)[C@@H](O)[C@@H](O[C@H]3O[C@H](CO)[C@@H](O)[C@H](O)[C@@H]3O)[C@@H]2O)[C@@H](O)[C@@H](O)[C@H]1O. The molecule has 0 amide bonds. The summed E-state index contributed by atoms with van der Waals surface area (Å²) in [6.07, 6.45) is -24.9. The highest BCUT2D eigenvalue weighted by molar-refractivity contribution is 4.94. The lowest BCUT2D eigenvalue weighted by Crippen LogP contribution is -2.65. The molecular weight excluding hydrogens is 472 g/mol. The van der Waals surface area contributed by atoms with Gasteiger partial charge >= 0.3 is 0 Å². The lowest BCUT2D eigenvalue weighted by Gasteiger charge is -2.45. The monoisotopic (exact) mass is 504 g/mol. The van der Waals surface area contributed by atoms with Crippen LogP contribution in [0.25, 0.3) is 0 Å². The Morgan fingerprint density at radius 2 is 1.00 bits per heavy atom. The number of ether oxygens (including phenoxy) is 5. The quantitative estimate of drug-likeness (QED) is 0.154. The van der Waals surface area contributed by atoms with Gasteiger partial charge in [-0.05, 0) is 0 Å². The average molecular weight is 504 g/mol. The fraction of sp³-hybridized carbons (Fsp3) is 1.00. The predicted molar refractivity (Wildman–Crippen MR) is 101 cm³/mol. The summed E-state index contributed by atoms with van der Waals surface area (Å²) in [4.78, 5) is 0. The largest absolute Gasteiger partial charge is 0.394 e. The zero-order valence-electron chi connectivity index (χ0n) is 17.7. The molecule has 34 heavy (non-hydrogen) atoms. The molecule has 0 saturated carbocycles. The van der Waals surface area contributed by atoms with Crippen LogP contribution in [0.2, 0.25) is 0 Å². The van der Waals surface area contributed by atoms with Crippen molar-refractivity contribution in [3.63, 3.8) is 0 Å². The lowest BCUT2D eigenvalue weighted by molar-refractivity contribution is -0.361. The van der Waals surface area contributed by atoms with Crippen molar-refractivity contribution >= 4 is 0 Å². The third kappa shape index (κ3) is 5.52. The summed E-state index contributed by atoms with van der Waals surface area (Å²) in [6.45, 7) is -2.06. The summed E-state index contributed by atoms with van der Waals surface area (Å²) in [7, 11) is 0. The first-order valence-corrected chi connectivity index (χ1v) is 10.6. The third-order valence-electron chi connectivity index (χ3n) is 6.07.